The molecule has 6 nitrogen and oxygen atoms in total. The summed E-state index contributed by atoms with van der Waals surface area (Å²) in [5.41, 5.74) is 4.28. The Kier molecular flexibility index (Phi) is 6.36. The van der Waals surface area contributed by atoms with Crippen LogP contribution in [0.15, 0.2) is 103 Å². The Morgan fingerprint density at radius 1 is 0.861 bits per heavy atom. The number of fused-ring (bicyclic) bond motifs is 1. The normalized spacial score (nSPS) is 11.1. The molecule has 0 saturated heterocycles. The molecule has 5 aromatic rings. The lowest BCUT2D eigenvalue weighted by Gasteiger charge is -2.20. The van der Waals surface area contributed by atoms with Crippen LogP contribution < -0.4 is 5.32 Å². The number of esters is 1. The van der Waals surface area contributed by atoms with Gasteiger partial charge >= 0.3 is 5.97 Å². The molecule has 0 saturated carbocycles. The SMILES string of the molecule is COC(=O)c1cc2c(ccn2-c2ccc(F)cc2)n1CC(=O)NC(c1ccccc1)c1ccccc1. The summed E-state index contributed by atoms with van der Waals surface area (Å²) in [4.78, 5) is 26.0. The average molecular weight is 482 g/mol. The molecule has 0 aliphatic carbocycles. The summed E-state index contributed by atoms with van der Waals surface area (Å²) >= 11 is 0. The largest absolute Gasteiger partial charge is 0.464 e. The monoisotopic (exact) mass is 481 g/mol. The van der Waals surface area contributed by atoms with Crippen LogP contribution in [0.25, 0.3) is 16.7 Å². The number of rotatable bonds is 7. The standard InChI is InChI=1S/C29H24FN3O3/c1-36-29(35)26-18-25-24(16-17-32(25)23-14-12-22(30)13-15-23)33(26)19-27(34)31-28(20-8-4-2-5-9-20)21-10-6-3-7-11-21/h2-18,28H,19H2,1H3,(H,31,34). The van der Waals surface area contributed by atoms with Crippen LogP contribution >= 0.6 is 0 Å². The Balaban J connectivity index is 1.50. The molecule has 5 rings (SSSR count). The van der Waals surface area contributed by atoms with Crippen molar-refractivity contribution in [3.8, 4) is 5.69 Å². The first-order valence-corrected chi connectivity index (χ1v) is 11.5. The van der Waals surface area contributed by atoms with Crippen molar-refractivity contribution in [1.82, 2.24) is 14.5 Å². The third-order valence-corrected chi connectivity index (χ3v) is 6.13. The zero-order valence-electron chi connectivity index (χ0n) is 19.6. The molecule has 2 aromatic heterocycles. The van der Waals surface area contributed by atoms with Crippen LogP contribution in [0.4, 0.5) is 4.39 Å². The van der Waals surface area contributed by atoms with Gasteiger partial charge in [-0.15, -0.1) is 0 Å². The first kappa shape index (κ1) is 23.1. The van der Waals surface area contributed by atoms with Crippen LogP contribution in [0.1, 0.15) is 27.7 Å². The summed E-state index contributed by atoms with van der Waals surface area (Å²) in [6.45, 7) is -0.0858. The van der Waals surface area contributed by atoms with Crippen molar-refractivity contribution in [1.29, 1.82) is 0 Å². The maximum atomic E-state index is 13.4. The van der Waals surface area contributed by atoms with Crippen LogP contribution in [0, 0.1) is 5.82 Å². The molecule has 2 heterocycles. The van der Waals surface area contributed by atoms with Gasteiger partial charge in [-0.25, -0.2) is 9.18 Å². The van der Waals surface area contributed by atoms with Crippen LogP contribution in [-0.2, 0) is 16.1 Å². The lowest BCUT2D eigenvalue weighted by atomic mass is 9.99. The topological polar surface area (TPSA) is 65.3 Å². The fraction of sp³-hybridized carbons (Fsp3) is 0.103. The molecular formula is C29H24FN3O3. The average Bonchev–Trinajstić information content (AvgIpc) is 3.48. The van der Waals surface area contributed by atoms with Crippen molar-refractivity contribution >= 4 is 22.9 Å². The molecule has 0 aliphatic heterocycles. The highest BCUT2D eigenvalue weighted by Gasteiger charge is 2.23. The molecule has 0 bridgehead atoms. The molecular weight excluding hydrogens is 457 g/mol. The second kappa shape index (κ2) is 9.92. The molecule has 0 fully saturated rings. The van der Waals surface area contributed by atoms with E-state index in [2.05, 4.69) is 5.32 Å². The number of carbonyl (C=O) groups is 2. The van der Waals surface area contributed by atoms with Crippen molar-refractivity contribution in [3.05, 3.63) is 126 Å². The summed E-state index contributed by atoms with van der Waals surface area (Å²) in [5.74, 6) is -1.14. The lowest BCUT2D eigenvalue weighted by Crippen LogP contribution is -2.33. The minimum atomic E-state index is -0.549. The minimum Gasteiger partial charge on any atom is -0.464 e. The fourth-order valence-electron chi connectivity index (χ4n) is 4.41. The number of nitrogens with one attached hydrogen (secondary N) is 1. The highest BCUT2D eigenvalue weighted by atomic mass is 19.1. The number of nitrogens with zero attached hydrogens (tertiary/aromatic N) is 2. The van der Waals surface area contributed by atoms with Crippen LogP contribution in [0.2, 0.25) is 0 Å². The molecule has 3 aromatic carbocycles. The number of methoxy groups -OCH3 is 1. The van der Waals surface area contributed by atoms with Gasteiger partial charge in [0.05, 0.1) is 24.2 Å². The minimum absolute atomic E-state index is 0.0858. The Bertz CT molecular complexity index is 1470. The van der Waals surface area contributed by atoms with E-state index >= 15 is 0 Å². The molecule has 7 heteroatoms. The van der Waals surface area contributed by atoms with E-state index in [1.165, 1.54) is 19.2 Å². The van der Waals surface area contributed by atoms with Gasteiger partial charge < -0.3 is 19.2 Å². The van der Waals surface area contributed by atoms with Gasteiger partial charge in [0, 0.05) is 11.9 Å². The Morgan fingerprint density at radius 3 is 2.06 bits per heavy atom. The van der Waals surface area contributed by atoms with E-state index in [9.17, 15) is 14.0 Å². The third-order valence-electron chi connectivity index (χ3n) is 6.13. The molecule has 0 atom stereocenters. The molecule has 0 spiro atoms. The zero-order chi connectivity index (χ0) is 25.1. The van der Waals surface area contributed by atoms with Crippen molar-refractivity contribution in [3.63, 3.8) is 0 Å². The van der Waals surface area contributed by atoms with E-state index in [-0.39, 0.29) is 30.0 Å². The number of hydrogen-bond acceptors (Lipinski definition) is 3. The summed E-state index contributed by atoms with van der Waals surface area (Å²) in [6.07, 6.45) is 1.82. The van der Waals surface area contributed by atoms with Crippen molar-refractivity contribution in [2.45, 2.75) is 12.6 Å². The molecule has 180 valence electrons. The number of carbonyl (C=O) groups excluding carboxylic acids is 2. The molecule has 36 heavy (non-hydrogen) atoms. The number of benzene rings is 3. The summed E-state index contributed by atoms with van der Waals surface area (Å²) in [5, 5.41) is 3.12. The maximum absolute atomic E-state index is 13.4. The second-order valence-electron chi connectivity index (χ2n) is 8.36. The van der Waals surface area contributed by atoms with Gasteiger partial charge in [0.2, 0.25) is 5.91 Å². The van der Waals surface area contributed by atoms with Gasteiger partial charge in [-0.3, -0.25) is 4.79 Å². The molecule has 0 unspecified atom stereocenters. The summed E-state index contributed by atoms with van der Waals surface area (Å²) in [7, 11) is 1.30. The lowest BCUT2D eigenvalue weighted by molar-refractivity contribution is -0.122. The Hall–Kier alpha value is -4.65. The molecule has 0 aliphatic rings. The van der Waals surface area contributed by atoms with E-state index in [0.29, 0.717) is 11.0 Å². The van der Waals surface area contributed by atoms with Crippen molar-refractivity contribution in [2.24, 2.45) is 0 Å². The van der Waals surface area contributed by atoms with Gasteiger partial charge in [0.15, 0.2) is 0 Å². The highest BCUT2D eigenvalue weighted by molar-refractivity contribution is 5.96. The van der Waals surface area contributed by atoms with Gasteiger partial charge in [0.25, 0.3) is 0 Å². The van der Waals surface area contributed by atoms with E-state index in [1.54, 1.807) is 22.8 Å². The number of hydrogen-bond donors (Lipinski definition) is 1. The van der Waals surface area contributed by atoms with Gasteiger partial charge in [-0.05, 0) is 47.5 Å². The van der Waals surface area contributed by atoms with Gasteiger partial charge in [-0.2, -0.15) is 0 Å². The van der Waals surface area contributed by atoms with E-state index < -0.39 is 5.97 Å². The molecule has 1 N–H and O–H groups in total. The Morgan fingerprint density at radius 2 is 1.47 bits per heavy atom. The molecule has 1 amide bonds. The number of amides is 1. The highest BCUT2D eigenvalue weighted by Crippen LogP contribution is 2.26. The number of halogens is 1. The Labute approximate surface area is 207 Å². The first-order chi connectivity index (χ1) is 17.5. The van der Waals surface area contributed by atoms with E-state index in [0.717, 1.165) is 16.8 Å². The first-order valence-electron chi connectivity index (χ1n) is 11.5. The summed E-state index contributed by atoms with van der Waals surface area (Å²) in [6, 6.07) is 28.7. The van der Waals surface area contributed by atoms with Gasteiger partial charge in [-0.1, -0.05) is 60.7 Å². The fourth-order valence-corrected chi connectivity index (χ4v) is 4.41. The van der Waals surface area contributed by atoms with E-state index in [4.69, 9.17) is 4.74 Å². The number of ether oxygens (including phenoxy) is 1. The van der Waals surface area contributed by atoms with Crippen LogP contribution in [0.5, 0.6) is 0 Å². The van der Waals surface area contributed by atoms with Gasteiger partial charge in [0.1, 0.15) is 18.1 Å². The third kappa shape index (κ3) is 4.51. The predicted molar refractivity (Wildman–Crippen MR) is 135 cm³/mol. The predicted octanol–water partition coefficient (Wildman–Crippen LogP) is 5.26. The van der Waals surface area contributed by atoms with Crippen molar-refractivity contribution < 1.29 is 18.7 Å². The quantitative estimate of drug-likeness (QED) is 0.323. The summed E-state index contributed by atoms with van der Waals surface area (Å²) < 4.78 is 21.9. The second-order valence-corrected chi connectivity index (χ2v) is 8.36. The zero-order valence-corrected chi connectivity index (χ0v) is 19.6. The van der Waals surface area contributed by atoms with Crippen molar-refractivity contribution in [2.75, 3.05) is 7.11 Å². The van der Waals surface area contributed by atoms with Crippen LogP contribution in [-0.4, -0.2) is 28.1 Å². The van der Waals surface area contributed by atoms with Crippen LogP contribution in [0.3, 0.4) is 0 Å². The molecule has 0 radical (unpaired) electrons. The smallest absolute Gasteiger partial charge is 0.354 e. The van der Waals surface area contributed by atoms with E-state index in [1.807, 2.05) is 77.5 Å². The maximum Gasteiger partial charge on any atom is 0.354 e. The number of aromatic nitrogens is 2.